The maximum atomic E-state index is 13.1. The number of fused-ring (bicyclic) bond motifs is 1. The lowest BCUT2D eigenvalue weighted by Gasteiger charge is -2.23. The maximum Gasteiger partial charge on any atom is 0.264 e. The molecule has 0 fully saturated rings. The minimum absolute atomic E-state index is 0.115. The van der Waals surface area contributed by atoms with Crippen molar-refractivity contribution >= 4 is 32.9 Å². The zero-order chi connectivity index (χ0) is 25.7. The summed E-state index contributed by atoms with van der Waals surface area (Å²) in [5.41, 5.74) is 2.73. The van der Waals surface area contributed by atoms with E-state index >= 15 is 0 Å². The van der Waals surface area contributed by atoms with E-state index in [1.807, 2.05) is 54.8 Å². The van der Waals surface area contributed by atoms with Crippen LogP contribution in [0.15, 0.2) is 78.9 Å². The van der Waals surface area contributed by atoms with Crippen molar-refractivity contribution in [1.82, 2.24) is 19.6 Å². The van der Waals surface area contributed by atoms with Gasteiger partial charge in [-0.05, 0) is 49.2 Å². The van der Waals surface area contributed by atoms with E-state index in [-0.39, 0.29) is 17.2 Å². The number of aryl methyl sites for hydroxylation is 1. The molecule has 0 aliphatic rings. The normalized spacial score (nSPS) is 12.3. The lowest BCUT2D eigenvalue weighted by molar-refractivity contribution is 0.0929. The first-order chi connectivity index (χ1) is 17.3. The lowest BCUT2D eigenvalue weighted by Crippen LogP contribution is -2.34. The molecule has 8 nitrogen and oxygen atoms in total. The Bertz CT molecular complexity index is 1480. The molecule has 4 rings (SSSR count). The van der Waals surface area contributed by atoms with E-state index in [0.29, 0.717) is 35.3 Å². The first-order valence-corrected chi connectivity index (χ1v) is 13.4. The minimum Gasteiger partial charge on any atom is -0.327 e. The molecule has 36 heavy (non-hydrogen) atoms. The van der Waals surface area contributed by atoms with Crippen LogP contribution in [-0.4, -0.2) is 35.5 Å². The fourth-order valence-corrected chi connectivity index (χ4v) is 5.17. The molecule has 0 aliphatic carbocycles. The van der Waals surface area contributed by atoms with Gasteiger partial charge in [0.2, 0.25) is 10.0 Å². The van der Waals surface area contributed by atoms with Gasteiger partial charge < -0.3 is 9.88 Å². The van der Waals surface area contributed by atoms with Crippen LogP contribution >= 0.6 is 0 Å². The Labute approximate surface area is 210 Å². The summed E-state index contributed by atoms with van der Waals surface area (Å²) in [6, 6.07) is 23.2. The highest BCUT2D eigenvalue weighted by Crippen LogP contribution is 2.26. The van der Waals surface area contributed by atoms with E-state index in [0.717, 1.165) is 5.56 Å². The molecule has 0 saturated heterocycles. The van der Waals surface area contributed by atoms with Crippen LogP contribution in [0.25, 0.3) is 11.0 Å². The molecule has 0 saturated carbocycles. The number of carbonyl (C=O) groups excluding carboxylic acids is 2. The van der Waals surface area contributed by atoms with E-state index < -0.39 is 22.1 Å². The third-order valence-electron chi connectivity index (χ3n) is 5.82. The van der Waals surface area contributed by atoms with Crippen LogP contribution in [0, 0.1) is 6.92 Å². The Kier molecular flexibility index (Phi) is 7.49. The van der Waals surface area contributed by atoms with Crippen molar-refractivity contribution < 1.29 is 18.0 Å². The van der Waals surface area contributed by atoms with Gasteiger partial charge in [-0.2, -0.15) is 0 Å². The second-order valence-corrected chi connectivity index (χ2v) is 10.3. The second kappa shape index (κ2) is 10.7. The molecule has 2 N–H and O–H groups in total. The number of hydrogen-bond acceptors (Lipinski definition) is 5. The summed E-state index contributed by atoms with van der Waals surface area (Å²) in [7, 11) is -3.73. The number of hydrogen-bond donors (Lipinski definition) is 2. The highest BCUT2D eigenvalue weighted by molar-refractivity contribution is 7.90. The molecule has 186 valence electrons. The topological polar surface area (TPSA) is 110 Å². The fourth-order valence-electron chi connectivity index (χ4n) is 4.00. The van der Waals surface area contributed by atoms with Gasteiger partial charge >= 0.3 is 0 Å². The van der Waals surface area contributed by atoms with Crippen molar-refractivity contribution in [2.75, 3.05) is 5.75 Å². The Morgan fingerprint density at radius 3 is 2.25 bits per heavy atom. The van der Waals surface area contributed by atoms with E-state index in [4.69, 9.17) is 0 Å². The van der Waals surface area contributed by atoms with Crippen molar-refractivity contribution in [3.05, 3.63) is 101 Å². The summed E-state index contributed by atoms with van der Waals surface area (Å²) < 4.78 is 28.5. The minimum atomic E-state index is -3.73. The van der Waals surface area contributed by atoms with Crippen molar-refractivity contribution in [3.8, 4) is 0 Å². The van der Waals surface area contributed by atoms with Crippen molar-refractivity contribution in [2.45, 2.75) is 32.9 Å². The van der Waals surface area contributed by atoms with Gasteiger partial charge in [0.15, 0.2) is 0 Å². The van der Waals surface area contributed by atoms with E-state index in [1.54, 1.807) is 42.5 Å². The number of aromatic nitrogens is 2. The molecule has 9 heteroatoms. The molecule has 0 aliphatic heterocycles. The Balaban J connectivity index is 1.75. The number of amides is 2. The van der Waals surface area contributed by atoms with Crippen LogP contribution in [0.1, 0.15) is 58.0 Å². The molecule has 2 amide bonds. The summed E-state index contributed by atoms with van der Waals surface area (Å²) >= 11 is 0. The first kappa shape index (κ1) is 25.1. The van der Waals surface area contributed by atoms with E-state index in [9.17, 15) is 18.0 Å². The zero-order valence-electron chi connectivity index (χ0n) is 20.1. The number of benzene rings is 3. The number of unbranched alkanes of at least 4 members (excludes halogenated alkanes) is 1. The molecule has 1 atom stereocenters. The van der Waals surface area contributed by atoms with Gasteiger partial charge in [-0.3, -0.25) is 9.59 Å². The molecular weight excluding hydrogens is 476 g/mol. The third-order valence-corrected chi connectivity index (χ3v) is 7.14. The third kappa shape index (κ3) is 5.63. The smallest absolute Gasteiger partial charge is 0.264 e. The molecule has 0 radical (unpaired) electrons. The molecule has 0 spiro atoms. The predicted octanol–water partition coefficient (Wildman–Crippen LogP) is 4.18. The molecule has 1 heterocycles. The number of carbonyl (C=O) groups is 2. The Hall–Kier alpha value is -3.98. The molecule has 3 aromatic carbocycles. The van der Waals surface area contributed by atoms with Crippen molar-refractivity contribution in [3.63, 3.8) is 0 Å². The molecule has 4 aromatic rings. The number of nitrogens with zero attached hydrogens (tertiary/aromatic N) is 2. The van der Waals surface area contributed by atoms with Gasteiger partial charge in [0.05, 0.1) is 16.8 Å². The standard InChI is InChI=1S/C27H28N4O4S/c1-3-4-17-36(34,35)30-27(33)22-15-16-23-24(18-22)31(19(2)28-23)25(20-11-7-5-8-12-20)29-26(32)21-13-9-6-10-14-21/h5-16,18,25H,3-4,17H2,1-2H3,(H,29,32)(H,30,33). The largest absolute Gasteiger partial charge is 0.327 e. The zero-order valence-corrected chi connectivity index (χ0v) is 21.0. The quantitative estimate of drug-likeness (QED) is 0.355. The summed E-state index contributed by atoms with van der Waals surface area (Å²) in [6.07, 6.45) is 0.554. The number of sulfonamides is 1. The van der Waals surface area contributed by atoms with Crippen LogP contribution in [-0.2, 0) is 10.0 Å². The second-order valence-electron chi connectivity index (χ2n) is 8.49. The predicted molar refractivity (Wildman–Crippen MR) is 139 cm³/mol. The molecule has 1 unspecified atom stereocenters. The van der Waals surface area contributed by atoms with Crippen LogP contribution < -0.4 is 10.0 Å². The molecule has 0 bridgehead atoms. The van der Waals surface area contributed by atoms with Gasteiger partial charge in [0, 0.05) is 11.1 Å². The van der Waals surface area contributed by atoms with Gasteiger partial charge in [-0.25, -0.2) is 18.1 Å². The van der Waals surface area contributed by atoms with Gasteiger partial charge in [0.25, 0.3) is 11.8 Å². The van der Waals surface area contributed by atoms with E-state index in [2.05, 4.69) is 15.0 Å². The van der Waals surface area contributed by atoms with Gasteiger partial charge in [0.1, 0.15) is 12.0 Å². The lowest BCUT2D eigenvalue weighted by atomic mass is 10.1. The SMILES string of the molecule is CCCCS(=O)(=O)NC(=O)c1ccc2nc(C)n(C(NC(=O)c3ccccc3)c3ccccc3)c2c1. The summed E-state index contributed by atoms with van der Waals surface area (Å²) in [4.78, 5) is 30.5. The average molecular weight is 505 g/mol. The van der Waals surface area contributed by atoms with Crippen LogP contribution in [0.5, 0.6) is 0 Å². The van der Waals surface area contributed by atoms with Crippen LogP contribution in [0.2, 0.25) is 0 Å². The Morgan fingerprint density at radius 2 is 1.58 bits per heavy atom. The van der Waals surface area contributed by atoms with Gasteiger partial charge in [-0.15, -0.1) is 0 Å². The first-order valence-electron chi connectivity index (χ1n) is 11.7. The maximum absolute atomic E-state index is 13.1. The fraction of sp³-hybridized carbons (Fsp3) is 0.222. The number of imidazole rings is 1. The highest BCUT2D eigenvalue weighted by Gasteiger charge is 2.23. The van der Waals surface area contributed by atoms with Crippen molar-refractivity contribution in [1.29, 1.82) is 0 Å². The Morgan fingerprint density at radius 1 is 0.917 bits per heavy atom. The monoisotopic (exact) mass is 504 g/mol. The van der Waals surface area contributed by atoms with Crippen LogP contribution in [0.3, 0.4) is 0 Å². The average Bonchev–Trinajstić information content (AvgIpc) is 3.21. The van der Waals surface area contributed by atoms with Crippen LogP contribution in [0.4, 0.5) is 0 Å². The molecule has 1 aromatic heterocycles. The number of rotatable bonds is 9. The van der Waals surface area contributed by atoms with Gasteiger partial charge in [-0.1, -0.05) is 61.9 Å². The summed E-state index contributed by atoms with van der Waals surface area (Å²) in [5, 5.41) is 3.08. The number of nitrogens with one attached hydrogen (secondary N) is 2. The van der Waals surface area contributed by atoms with E-state index in [1.165, 1.54) is 0 Å². The van der Waals surface area contributed by atoms with Crippen molar-refractivity contribution in [2.24, 2.45) is 0 Å². The highest BCUT2D eigenvalue weighted by atomic mass is 32.2. The summed E-state index contributed by atoms with van der Waals surface area (Å²) in [6.45, 7) is 3.70. The summed E-state index contributed by atoms with van der Waals surface area (Å²) in [5.74, 6) is -0.458. The molecular formula is C27H28N4O4S.